The van der Waals surface area contributed by atoms with Gasteiger partial charge in [0, 0.05) is 16.1 Å². The molecule has 2 N–H and O–H groups in total. The Balaban J connectivity index is 0.00000112. The molecule has 1 nitrogen and oxygen atoms in total. The fourth-order valence-electron chi connectivity index (χ4n) is 1.64. The van der Waals surface area contributed by atoms with E-state index in [0.29, 0.717) is 10.0 Å². The maximum absolute atomic E-state index is 6.06. The van der Waals surface area contributed by atoms with Crippen LogP contribution in [0.4, 0.5) is 0 Å². The van der Waals surface area contributed by atoms with E-state index in [4.69, 9.17) is 28.9 Å². The van der Waals surface area contributed by atoms with Crippen molar-refractivity contribution in [1.29, 1.82) is 0 Å². The van der Waals surface area contributed by atoms with Crippen LogP contribution in [0.25, 0.3) is 0 Å². The lowest BCUT2D eigenvalue weighted by molar-refractivity contribution is 0.597. The normalized spacial score (nSPS) is 17.0. The van der Waals surface area contributed by atoms with Crippen molar-refractivity contribution in [2.24, 2.45) is 11.7 Å². The Kier molecular flexibility index (Phi) is 4.72. The van der Waals surface area contributed by atoms with Crippen LogP contribution in [0.2, 0.25) is 10.0 Å². The second-order valence-electron chi connectivity index (χ2n) is 3.99. The van der Waals surface area contributed by atoms with Crippen LogP contribution in [0.5, 0.6) is 0 Å². The number of nitrogens with two attached hydrogens (primary N) is 1. The molecule has 0 aliphatic heterocycles. The van der Waals surface area contributed by atoms with Crippen LogP contribution in [0.1, 0.15) is 30.9 Å². The summed E-state index contributed by atoms with van der Waals surface area (Å²) in [4.78, 5) is 0. The van der Waals surface area contributed by atoms with E-state index in [1.165, 1.54) is 12.8 Å². The van der Waals surface area contributed by atoms with Crippen LogP contribution in [0, 0.1) is 5.92 Å². The van der Waals surface area contributed by atoms with Crippen molar-refractivity contribution in [3.05, 3.63) is 33.8 Å². The quantitative estimate of drug-likeness (QED) is 0.871. The van der Waals surface area contributed by atoms with Gasteiger partial charge in [-0.2, -0.15) is 0 Å². The number of hydrogen-bond donors (Lipinski definition) is 1. The fraction of sp³-hybridized carbons (Fsp3) is 0.455. The molecule has 1 saturated carbocycles. The van der Waals surface area contributed by atoms with Gasteiger partial charge in [-0.1, -0.05) is 36.0 Å². The van der Waals surface area contributed by atoms with E-state index in [1.807, 2.05) is 12.1 Å². The van der Waals surface area contributed by atoms with E-state index in [-0.39, 0.29) is 18.4 Å². The van der Waals surface area contributed by atoms with E-state index >= 15 is 0 Å². The summed E-state index contributed by atoms with van der Waals surface area (Å²) in [7, 11) is 0. The lowest BCUT2D eigenvalue weighted by Crippen LogP contribution is -2.10. The molecule has 1 fully saturated rings. The first-order valence-corrected chi connectivity index (χ1v) is 5.62. The van der Waals surface area contributed by atoms with Crippen LogP contribution in [0.3, 0.4) is 0 Å². The molecule has 84 valence electrons. The lowest BCUT2D eigenvalue weighted by Gasteiger charge is -2.12. The standard InChI is InChI=1S/C11H13Cl2N.ClH/c12-9-4-8(5-10(13)6-9)11(14)3-7-1-2-7;/h4-7,11H,1-3,14H2;1H/t11-;/m1./s1. The van der Waals surface area contributed by atoms with E-state index in [9.17, 15) is 0 Å². The van der Waals surface area contributed by atoms with Gasteiger partial charge in [0.1, 0.15) is 0 Å². The van der Waals surface area contributed by atoms with Crippen molar-refractivity contribution >= 4 is 35.6 Å². The smallest absolute Gasteiger partial charge is 0.0424 e. The van der Waals surface area contributed by atoms with Gasteiger partial charge in [0.25, 0.3) is 0 Å². The molecule has 1 aliphatic rings. The molecule has 1 atom stereocenters. The molecule has 0 unspecified atom stereocenters. The molecule has 0 saturated heterocycles. The van der Waals surface area contributed by atoms with Crippen LogP contribution < -0.4 is 5.73 Å². The highest BCUT2D eigenvalue weighted by atomic mass is 35.5. The van der Waals surface area contributed by atoms with Crippen molar-refractivity contribution in [2.75, 3.05) is 0 Å². The van der Waals surface area contributed by atoms with E-state index < -0.39 is 0 Å². The first-order chi connectivity index (χ1) is 6.65. The van der Waals surface area contributed by atoms with Crippen molar-refractivity contribution in [3.63, 3.8) is 0 Å². The first-order valence-electron chi connectivity index (χ1n) is 4.87. The molecule has 0 aromatic heterocycles. The summed E-state index contributed by atoms with van der Waals surface area (Å²) in [6, 6.07) is 5.62. The van der Waals surface area contributed by atoms with Crippen LogP contribution in [-0.4, -0.2) is 0 Å². The SMILES string of the molecule is Cl.N[C@H](CC1CC1)c1cc(Cl)cc(Cl)c1. The molecule has 0 bridgehead atoms. The third-order valence-electron chi connectivity index (χ3n) is 2.60. The van der Waals surface area contributed by atoms with Crippen molar-refractivity contribution in [1.82, 2.24) is 0 Å². The van der Waals surface area contributed by atoms with E-state index in [0.717, 1.165) is 17.9 Å². The van der Waals surface area contributed by atoms with E-state index in [2.05, 4.69) is 0 Å². The molecule has 0 amide bonds. The Morgan fingerprint density at radius 2 is 1.73 bits per heavy atom. The van der Waals surface area contributed by atoms with Crippen LogP contribution >= 0.6 is 35.6 Å². The largest absolute Gasteiger partial charge is 0.324 e. The zero-order valence-electron chi connectivity index (χ0n) is 8.25. The van der Waals surface area contributed by atoms with Gasteiger partial charge in [-0.15, -0.1) is 12.4 Å². The first kappa shape index (κ1) is 13.1. The van der Waals surface area contributed by atoms with Gasteiger partial charge in [-0.05, 0) is 36.1 Å². The Morgan fingerprint density at radius 3 is 2.20 bits per heavy atom. The number of rotatable bonds is 3. The molecule has 0 heterocycles. The summed E-state index contributed by atoms with van der Waals surface area (Å²) in [6.07, 6.45) is 3.70. The third-order valence-corrected chi connectivity index (χ3v) is 3.03. The molecule has 4 heteroatoms. The minimum Gasteiger partial charge on any atom is -0.324 e. The Labute approximate surface area is 106 Å². The van der Waals surface area contributed by atoms with Gasteiger partial charge in [-0.3, -0.25) is 0 Å². The highest BCUT2D eigenvalue weighted by Crippen LogP contribution is 2.37. The monoisotopic (exact) mass is 265 g/mol. The maximum Gasteiger partial charge on any atom is 0.0424 e. The summed E-state index contributed by atoms with van der Waals surface area (Å²) in [5.74, 6) is 0.822. The molecular weight excluding hydrogens is 252 g/mol. The molecule has 15 heavy (non-hydrogen) atoms. The maximum atomic E-state index is 6.06. The van der Waals surface area contributed by atoms with Gasteiger partial charge >= 0.3 is 0 Å². The van der Waals surface area contributed by atoms with Crippen molar-refractivity contribution in [2.45, 2.75) is 25.3 Å². The average molecular weight is 267 g/mol. The molecule has 0 spiro atoms. The minimum atomic E-state index is 0. The highest BCUT2D eigenvalue weighted by Gasteiger charge is 2.24. The predicted molar refractivity (Wildman–Crippen MR) is 68.0 cm³/mol. The average Bonchev–Trinajstić information content (AvgIpc) is 2.86. The molecule has 0 radical (unpaired) electrons. The molecule has 1 aromatic rings. The zero-order valence-corrected chi connectivity index (χ0v) is 10.6. The molecule has 2 rings (SSSR count). The molecular formula is C11H14Cl3N. The van der Waals surface area contributed by atoms with Crippen molar-refractivity contribution < 1.29 is 0 Å². The van der Waals surface area contributed by atoms with Crippen LogP contribution in [-0.2, 0) is 0 Å². The van der Waals surface area contributed by atoms with Gasteiger partial charge in [0.15, 0.2) is 0 Å². The summed E-state index contributed by atoms with van der Waals surface area (Å²) in [6.45, 7) is 0. The highest BCUT2D eigenvalue weighted by molar-refractivity contribution is 6.34. The minimum absolute atomic E-state index is 0. The summed E-state index contributed by atoms with van der Waals surface area (Å²) in [5.41, 5.74) is 7.11. The lowest BCUT2D eigenvalue weighted by atomic mass is 10.0. The molecule has 1 aromatic carbocycles. The number of halogens is 3. The third kappa shape index (κ3) is 3.84. The van der Waals surface area contributed by atoms with Gasteiger partial charge in [0.2, 0.25) is 0 Å². The predicted octanol–water partition coefficient (Wildman–Crippen LogP) is 4.22. The van der Waals surface area contributed by atoms with Gasteiger partial charge in [0.05, 0.1) is 0 Å². The fourth-order valence-corrected chi connectivity index (χ4v) is 2.18. The van der Waals surface area contributed by atoms with Gasteiger partial charge in [-0.25, -0.2) is 0 Å². The Bertz CT molecular complexity index is 316. The van der Waals surface area contributed by atoms with Gasteiger partial charge < -0.3 is 5.73 Å². The summed E-state index contributed by atoms with van der Waals surface area (Å²) < 4.78 is 0. The number of benzene rings is 1. The summed E-state index contributed by atoms with van der Waals surface area (Å²) in [5, 5.41) is 1.33. The Morgan fingerprint density at radius 1 is 1.20 bits per heavy atom. The second kappa shape index (κ2) is 5.40. The second-order valence-corrected chi connectivity index (χ2v) is 4.86. The summed E-state index contributed by atoms with van der Waals surface area (Å²) >= 11 is 11.8. The van der Waals surface area contributed by atoms with Crippen LogP contribution in [0.15, 0.2) is 18.2 Å². The molecule has 1 aliphatic carbocycles. The van der Waals surface area contributed by atoms with E-state index in [1.54, 1.807) is 6.07 Å². The Hall–Kier alpha value is 0.0500. The zero-order chi connectivity index (χ0) is 10.1. The van der Waals surface area contributed by atoms with Crippen molar-refractivity contribution in [3.8, 4) is 0 Å². The topological polar surface area (TPSA) is 26.0 Å². The number of hydrogen-bond acceptors (Lipinski definition) is 1.